The van der Waals surface area contributed by atoms with Crippen LogP contribution in [0.2, 0.25) is 0 Å². The molecular formula is C8H15NO2. The van der Waals surface area contributed by atoms with Crippen LogP contribution in [0.1, 0.15) is 26.2 Å². The van der Waals surface area contributed by atoms with Crippen LogP contribution in [0.3, 0.4) is 0 Å². The van der Waals surface area contributed by atoms with Crippen LogP contribution in [-0.2, 0) is 4.74 Å². The molecule has 0 spiro atoms. The summed E-state index contributed by atoms with van der Waals surface area (Å²) in [6.45, 7) is 3.48. The minimum absolute atomic E-state index is 0.193. The Morgan fingerprint density at radius 2 is 2.55 bits per heavy atom. The van der Waals surface area contributed by atoms with Crippen molar-refractivity contribution in [3.05, 3.63) is 0 Å². The molecule has 0 aromatic rings. The zero-order valence-corrected chi connectivity index (χ0v) is 6.92. The lowest BCUT2D eigenvalue weighted by molar-refractivity contribution is 0.160. The van der Waals surface area contributed by atoms with Crippen molar-refractivity contribution in [2.24, 2.45) is 4.99 Å². The van der Waals surface area contributed by atoms with Crippen molar-refractivity contribution in [3.8, 4) is 0 Å². The Bertz CT molecular complexity index is 145. The first-order valence-electron chi connectivity index (χ1n) is 4.17. The molecule has 1 aliphatic rings. The lowest BCUT2D eigenvalue weighted by atomic mass is 10.1. The van der Waals surface area contributed by atoms with E-state index >= 15 is 0 Å². The van der Waals surface area contributed by atoms with Crippen molar-refractivity contribution < 1.29 is 9.84 Å². The maximum absolute atomic E-state index is 9.21. The number of nitrogens with zero attached hydrogens (tertiary/aromatic N) is 1. The van der Waals surface area contributed by atoms with E-state index in [0.717, 1.165) is 38.3 Å². The fraction of sp³-hybridized carbons (Fsp3) is 0.875. The minimum atomic E-state index is -0.193. The monoisotopic (exact) mass is 157 g/mol. The van der Waals surface area contributed by atoms with E-state index in [4.69, 9.17) is 4.74 Å². The molecule has 1 N–H and O–H groups in total. The molecule has 0 aromatic heterocycles. The molecule has 1 unspecified atom stereocenters. The van der Waals surface area contributed by atoms with Gasteiger partial charge in [-0.05, 0) is 12.8 Å². The fourth-order valence-corrected chi connectivity index (χ4v) is 1.02. The van der Waals surface area contributed by atoms with E-state index in [2.05, 4.69) is 4.99 Å². The van der Waals surface area contributed by atoms with Gasteiger partial charge in [0, 0.05) is 6.42 Å². The molecule has 0 amide bonds. The van der Waals surface area contributed by atoms with Crippen molar-refractivity contribution >= 4 is 5.90 Å². The highest BCUT2D eigenvalue weighted by Crippen LogP contribution is 2.06. The summed E-state index contributed by atoms with van der Waals surface area (Å²) in [7, 11) is 0. The van der Waals surface area contributed by atoms with E-state index < -0.39 is 0 Å². The van der Waals surface area contributed by atoms with E-state index in [9.17, 15) is 5.11 Å². The van der Waals surface area contributed by atoms with Crippen molar-refractivity contribution in [2.75, 3.05) is 13.2 Å². The molecule has 1 heterocycles. The summed E-state index contributed by atoms with van der Waals surface area (Å²) >= 11 is 0. The van der Waals surface area contributed by atoms with Gasteiger partial charge in [-0.1, -0.05) is 6.92 Å². The Labute approximate surface area is 67.1 Å². The first-order chi connectivity index (χ1) is 5.33. The second kappa shape index (κ2) is 4.34. The summed E-state index contributed by atoms with van der Waals surface area (Å²) < 4.78 is 5.19. The molecule has 11 heavy (non-hydrogen) atoms. The van der Waals surface area contributed by atoms with Crippen molar-refractivity contribution in [2.45, 2.75) is 32.3 Å². The average Bonchev–Trinajstić information content (AvgIpc) is 2.52. The summed E-state index contributed by atoms with van der Waals surface area (Å²) in [5.41, 5.74) is 0. The third-order valence-corrected chi connectivity index (χ3v) is 1.81. The first-order valence-corrected chi connectivity index (χ1v) is 4.17. The highest BCUT2D eigenvalue weighted by atomic mass is 16.5. The number of aliphatic hydroxyl groups is 1. The van der Waals surface area contributed by atoms with Gasteiger partial charge in [-0.3, -0.25) is 4.99 Å². The molecule has 1 rings (SSSR count). The summed E-state index contributed by atoms with van der Waals surface area (Å²) in [5.74, 6) is 0.817. The Balaban J connectivity index is 2.11. The molecule has 0 saturated carbocycles. The Kier molecular flexibility index (Phi) is 3.36. The maximum Gasteiger partial charge on any atom is 0.183 e. The number of aliphatic hydroxyl groups excluding tert-OH is 1. The summed E-state index contributed by atoms with van der Waals surface area (Å²) in [6.07, 6.45) is 2.18. The second-order valence-corrected chi connectivity index (χ2v) is 2.72. The van der Waals surface area contributed by atoms with Gasteiger partial charge in [-0.25, -0.2) is 0 Å². The van der Waals surface area contributed by atoms with Gasteiger partial charge in [0.2, 0.25) is 0 Å². The molecule has 3 heteroatoms. The van der Waals surface area contributed by atoms with Crippen LogP contribution in [-0.4, -0.2) is 30.3 Å². The zero-order valence-electron chi connectivity index (χ0n) is 6.92. The predicted molar refractivity (Wildman–Crippen MR) is 43.8 cm³/mol. The van der Waals surface area contributed by atoms with Gasteiger partial charge < -0.3 is 9.84 Å². The van der Waals surface area contributed by atoms with Crippen molar-refractivity contribution in [1.29, 1.82) is 0 Å². The van der Waals surface area contributed by atoms with E-state index in [0.29, 0.717) is 0 Å². The van der Waals surface area contributed by atoms with E-state index in [1.807, 2.05) is 6.92 Å². The molecule has 0 radical (unpaired) electrons. The molecule has 3 nitrogen and oxygen atoms in total. The molecule has 1 aliphatic heterocycles. The fourth-order valence-electron chi connectivity index (χ4n) is 1.02. The van der Waals surface area contributed by atoms with Crippen LogP contribution < -0.4 is 0 Å². The number of hydrogen-bond acceptors (Lipinski definition) is 3. The van der Waals surface area contributed by atoms with Crippen LogP contribution in [0, 0.1) is 0 Å². The van der Waals surface area contributed by atoms with Gasteiger partial charge in [0.25, 0.3) is 0 Å². The highest BCUT2D eigenvalue weighted by molar-refractivity contribution is 5.77. The standard InChI is InChI=1S/C8H15NO2/c1-2-7(10)3-4-8-9-5-6-11-8/h7,10H,2-6H2,1H3. The lowest BCUT2D eigenvalue weighted by Gasteiger charge is -2.06. The molecule has 0 aliphatic carbocycles. The van der Waals surface area contributed by atoms with Crippen LogP contribution in [0.4, 0.5) is 0 Å². The third-order valence-electron chi connectivity index (χ3n) is 1.81. The topological polar surface area (TPSA) is 41.8 Å². The Morgan fingerprint density at radius 3 is 3.09 bits per heavy atom. The molecule has 0 saturated heterocycles. The molecule has 1 atom stereocenters. The predicted octanol–water partition coefficient (Wildman–Crippen LogP) is 0.966. The van der Waals surface area contributed by atoms with Gasteiger partial charge in [0.15, 0.2) is 5.90 Å². The van der Waals surface area contributed by atoms with Crippen molar-refractivity contribution in [3.63, 3.8) is 0 Å². The molecule has 0 aromatic carbocycles. The normalized spacial score (nSPS) is 19.3. The molecule has 0 fully saturated rings. The van der Waals surface area contributed by atoms with Gasteiger partial charge in [0.1, 0.15) is 6.61 Å². The second-order valence-electron chi connectivity index (χ2n) is 2.72. The quantitative estimate of drug-likeness (QED) is 0.660. The number of rotatable bonds is 4. The smallest absolute Gasteiger partial charge is 0.183 e. The van der Waals surface area contributed by atoms with Crippen LogP contribution >= 0.6 is 0 Å². The third kappa shape index (κ3) is 2.89. The summed E-state index contributed by atoms with van der Waals surface area (Å²) in [4.78, 5) is 4.13. The summed E-state index contributed by atoms with van der Waals surface area (Å²) in [6, 6.07) is 0. The van der Waals surface area contributed by atoms with Crippen molar-refractivity contribution in [1.82, 2.24) is 0 Å². The number of ether oxygens (including phenoxy) is 1. The number of aliphatic imine (C=N–C) groups is 1. The minimum Gasteiger partial charge on any atom is -0.479 e. The molecular weight excluding hydrogens is 142 g/mol. The number of hydrogen-bond donors (Lipinski definition) is 1. The van der Waals surface area contributed by atoms with Gasteiger partial charge >= 0.3 is 0 Å². The molecule has 0 bridgehead atoms. The largest absolute Gasteiger partial charge is 0.479 e. The van der Waals surface area contributed by atoms with E-state index in [1.165, 1.54) is 0 Å². The average molecular weight is 157 g/mol. The SMILES string of the molecule is CCC(O)CCC1=NCCO1. The molecule has 64 valence electrons. The maximum atomic E-state index is 9.21. The van der Waals surface area contributed by atoms with Gasteiger partial charge in [-0.2, -0.15) is 0 Å². The highest BCUT2D eigenvalue weighted by Gasteiger charge is 2.09. The first kappa shape index (κ1) is 8.53. The zero-order chi connectivity index (χ0) is 8.10. The van der Waals surface area contributed by atoms with Crippen LogP contribution in [0.25, 0.3) is 0 Å². The summed E-state index contributed by atoms with van der Waals surface area (Å²) in [5, 5.41) is 9.21. The Morgan fingerprint density at radius 1 is 1.73 bits per heavy atom. The van der Waals surface area contributed by atoms with E-state index in [-0.39, 0.29) is 6.10 Å². The van der Waals surface area contributed by atoms with Crippen LogP contribution in [0.15, 0.2) is 4.99 Å². The Hall–Kier alpha value is -0.570. The van der Waals surface area contributed by atoms with Gasteiger partial charge in [0.05, 0.1) is 12.6 Å². The lowest BCUT2D eigenvalue weighted by Crippen LogP contribution is -2.08. The van der Waals surface area contributed by atoms with E-state index in [1.54, 1.807) is 0 Å². The van der Waals surface area contributed by atoms with Crippen LogP contribution in [0.5, 0.6) is 0 Å². The van der Waals surface area contributed by atoms with Gasteiger partial charge in [-0.15, -0.1) is 0 Å².